The van der Waals surface area contributed by atoms with Crippen molar-refractivity contribution < 1.29 is 4.74 Å². The van der Waals surface area contributed by atoms with Gasteiger partial charge in [-0.2, -0.15) is 0 Å². The van der Waals surface area contributed by atoms with Crippen LogP contribution < -0.4 is 5.32 Å². The highest BCUT2D eigenvalue weighted by molar-refractivity contribution is 9.10. The lowest BCUT2D eigenvalue weighted by Crippen LogP contribution is -2.23. The van der Waals surface area contributed by atoms with Crippen LogP contribution in [0.2, 0.25) is 0 Å². The average Bonchev–Trinajstić information content (AvgIpc) is 2.48. The Hall–Kier alpha value is -0.680. The van der Waals surface area contributed by atoms with Gasteiger partial charge in [-0.05, 0) is 47.5 Å². The van der Waals surface area contributed by atoms with Gasteiger partial charge in [0.05, 0.1) is 16.3 Å². The number of ether oxygens (including phenoxy) is 1. The fraction of sp³-hybridized carbons (Fsp3) is 0.750. The topological polar surface area (TPSA) is 47.0 Å². The summed E-state index contributed by atoms with van der Waals surface area (Å²) in [6.45, 7) is 8.28. The van der Waals surface area contributed by atoms with E-state index in [1.807, 2.05) is 0 Å². The molecule has 0 spiro atoms. The van der Waals surface area contributed by atoms with Crippen LogP contribution in [0, 0.1) is 0 Å². The van der Waals surface area contributed by atoms with Crippen molar-refractivity contribution in [3.63, 3.8) is 0 Å². The molecule has 1 aliphatic rings. The fourth-order valence-corrected chi connectivity index (χ4v) is 3.29. The molecule has 2 rings (SSSR count). The Kier molecular flexibility index (Phi) is 6.42. The number of hydrogen-bond acceptors (Lipinski definition) is 4. The van der Waals surface area contributed by atoms with Gasteiger partial charge in [-0.3, -0.25) is 0 Å². The number of nitrogens with zero attached hydrogens (tertiary/aromatic N) is 2. The van der Waals surface area contributed by atoms with Gasteiger partial charge < -0.3 is 10.1 Å². The third-order valence-electron chi connectivity index (χ3n) is 3.70. The van der Waals surface area contributed by atoms with Crippen LogP contribution in [0.5, 0.6) is 0 Å². The van der Waals surface area contributed by atoms with Crippen molar-refractivity contribution in [2.24, 2.45) is 0 Å². The van der Waals surface area contributed by atoms with Gasteiger partial charge in [-0.1, -0.05) is 20.8 Å². The predicted octanol–water partition coefficient (Wildman–Crippen LogP) is 4.30. The highest BCUT2D eigenvalue weighted by Crippen LogP contribution is 2.29. The third-order valence-corrected chi connectivity index (χ3v) is 4.48. The maximum atomic E-state index is 5.82. The Bertz CT molecular complexity index is 459. The smallest absolute Gasteiger partial charge is 0.144 e. The molecule has 4 nitrogen and oxygen atoms in total. The molecule has 1 fully saturated rings. The maximum absolute atomic E-state index is 5.82. The molecule has 0 bridgehead atoms. The number of halogens is 1. The van der Waals surface area contributed by atoms with E-state index in [1.165, 1.54) is 12.8 Å². The molecular formula is C16H26BrN3O. The zero-order chi connectivity index (χ0) is 15.2. The molecule has 118 valence electrons. The molecule has 21 heavy (non-hydrogen) atoms. The summed E-state index contributed by atoms with van der Waals surface area (Å²) in [6.07, 6.45) is 5.72. The minimum atomic E-state index is 0.277. The molecule has 0 saturated carbocycles. The highest BCUT2D eigenvalue weighted by Gasteiger charge is 2.19. The molecule has 1 saturated heterocycles. The molecule has 0 aromatic carbocycles. The van der Waals surface area contributed by atoms with E-state index in [1.54, 1.807) is 0 Å². The van der Waals surface area contributed by atoms with E-state index in [4.69, 9.17) is 14.7 Å². The second kappa shape index (κ2) is 8.08. The van der Waals surface area contributed by atoms with Crippen molar-refractivity contribution in [2.45, 2.75) is 64.9 Å². The Morgan fingerprint density at radius 2 is 2.14 bits per heavy atom. The zero-order valence-electron chi connectivity index (χ0n) is 13.3. The van der Waals surface area contributed by atoms with Gasteiger partial charge in [0.1, 0.15) is 11.6 Å². The molecule has 1 aromatic rings. The maximum Gasteiger partial charge on any atom is 0.144 e. The second-order valence-corrected chi connectivity index (χ2v) is 6.75. The van der Waals surface area contributed by atoms with E-state index >= 15 is 0 Å². The Balaban J connectivity index is 2.20. The molecule has 1 unspecified atom stereocenters. The van der Waals surface area contributed by atoms with Gasteiger partial charge in [-0.25, -0.2) is 9.97 Å². The van der Waals surface area contributed by atoms with Crippen molar-refractivity contribution in [1.82, 2.24) is 9.97 Å². The lowest BCUT2D eigenvalue weighted by molar-refractivity contribution is 0.0156. The summed E-state index contributed by atoms with van der Waals surface area (Å²) in [7, 11) is 0. The summed E-state index contributed by atoms with van der Waals surface area (Å²) in [5.74, 6) is 2.18. The van der Waals surface area contributed by atoms with Gasteiger partial charge in [0, 0.05) is 19.6 Å². The third kappa shape index (κ3) is 4.65. The first-order chi connectivity index (χ1) is 10.1. The van der Waals surface area contributed by atoms with Crippen molar-refractivity contribution in [1.29, 1.82) is 0 Å². The first-order valence-corrected chi connectivity index (χ1v) is 8.82. The molecule has 0 amide bonds. The molecule has 0 radical (unpaired) electrons. The van der Waals surface area contributed by atoms with E-state index in [0.29, 0.717) is 5.92 Å². The second-order valence-electron chi connectivity index (χ2n) is 5.96. The van der Waals surface area contributed by atoms with Crippen molar-refractivity contribution in [2.75, 3.05) is 18.5 Å². The SMILES string of the molecule is CCCNc1nc(CC2CCCCO2)nc(C(C)C)c1Br. The number of nitrogens with one attached hydrogen (secondary N) is 1. The molecule has 5 heteroatoms. The molecule has 1 N–H and O–H groups in total. The number of anilines is 1. The molecule has 1 atom stereocenters. The van der Waals surface area contributed by atoms with E-state index in [9.17, 15) is 0 Å². The largest absolute Gasteiger partial charge is 0.378 e. The van der Waals surface area contributed by atoms with Crippen molar-refractivity contribution >= 4 is 21.7 Å². The quantitative estimate of drug-likeness (QED) is 0.826. The highest BCUT2D eigenvalue weighted by atomic mass is 79.9. The molecule has 1 aliphatic heterocycles. The predicted molar refractivity (Wildman–Crippen MR) is 89.9 cm³/mol. The monoisotopic (exact) mass is 355 g/mol. The average molecular weight is 356 g/mol. The van der Waals surface area contributed by atoms with Crippen molar-refractivity contribution in [3.05, 3.63) is 16.0 Å². The molecular weight excluding hydrogens is 330 g/mol. The van der Waals surface area contributed by atoms with Crippen LogP contribution in [0.15, 0.2) is 4.47 Å². The molecule has 1 aromatic heterocycles. The first-order valence-electron chi connectivity index (χ1n) is 8.03. The number of aromatic nitrogens is 2. The van der Waals surface area contributed by atoms with Crippen LogP contribution in [0.4, 0.5) is 5.82 Å². The molecule has 0 aliphatic carbocycles. The van der Waals surface area contributed by atoms with Crippen LogP contribution in [0.1, 0.15) is 63.9 Å². The van der Waals surface area contributed by atoms with Gasteiger partial charge in [-0.15, -0.1) is 0 Å². The Morgan fingerprint density at radius 1 is 1.33 bits per heavy atom. The summed E-state index contributed by atoms with van der Waals surface area (Å²) in [5, 5.41) is 3.40. The van der Waals surface area contributed by atoms with Crippen LogP contribution in [0.3, 0.4) is 0 Å². The summed E-state index contributed by atoms with van der Waals surface area (Å²) in [6, 6.07) is 0. The number of hydrogen-bond donors (Lipinski definition) is 1. The fourth-order valence-electron chi connectivity index (χ4n) is 2.52. The lowest BCUT2D eigenvalue weighted by atomic mass is 10.1. The van der Waals surface area contributed by atoms with Gasteiger partial charge >= 0.3 is 0 Å². The minimum absolute atomic E-state index is 0.277. The van der Waals surface area contributed by atoms with Crippen LogP contribution >= 0.6 is 15.9 Å². The lowest BCUT2D eigenvalue weighted by Gasteiger charge is -2.23. The normalized spacial score (nSPS) is 19.0. The van der Waals surface area contributed by atoms with E-state index in [0.717, 1.165) is 54.2 Å². The Labute approximate surface area is 136 Å². The van der Waals surface area contributed by atoms with Crippen molar-refractivity contribution in [3.8, 4) is 0 Å². The van der Waals surface area contributed by atoms with E-state index in [2.05, 4.69) is 42.0 Å². The minimum Gasteiger partial charge on any atom is -0.378 e. The zero-order valence-corrected chi connectivity index (χ0v) is 14.9. The van der Waals surface area contributed by atoms with Crippen LogP contribution in [-0.2, 0) is 11.2 Å². The van der Waals surface area contributed by atoms with E-state index in [-0.39, 0.29) is 6.10 Å². The summed E-state index contributed by atoms with van der Waals surface area (Å²) >= 11 is 3.65. The van der Waals surface area contributed by atoms with Gasteiger partial charge in [0.2, 0.25) is 0 Å². The summed E-state index contributed by atoms with van der Waals surface area (Å²) in [5.41, 5.74) is 1.08. The van der Waals surface area contributed by atoms with E-state index < -0.39 is 0 Å². The summed E-state index contributed by atoms with van der Waals surface area (Å²) < 4.78 is 6.82. The van der Waals surface area contributed by atoms with Crippen LogP contribution in [0.25, 0.3) is 0 Å². The van der Waals surface area contributed by atoms with Crippen LogP contribution in [-0.4, -0.2) is 29.2 Å². The van der Waals surface area contributed by atoms with Gasteiger partial charge in [0.15, 0.2) is 0 Å². The summed E-state index contributed by atoms with van der Waals surface area (Å²) in [4.78, 5) is 9.45. The first kappa shape index (κ1) is 16.7. The standard InChI is InChI=1S/C16H26BrN3O/c1-4-8-18-16-14(17)15(11(2)3)19-13(20-16)10-12-7-5-6-9-21-12/h11-12H,4-10H2,1-3H3,(H,18,19,20). The van der Waals surface area contributed by atoms with Gasteiger partial charge in [0.25, 0.3) is 0 Å². The molecule has 2 heterocycles. The Morgan fingerprint density at radius 3 is 2.76 bits per heavy atom. The number of rotatable bonds is 6.